The highest BCUT2D eigenvalue weighted by Gasteiger charge is 2.35. The largest absolute Gasteiger partial charge is 0.455 e. The minimum Gasteiger partial charge on any atom is -0.455 e. The maximum atomic E-state index is 6.50. The molecule has 252 valence electrons. The Morgan fingerprint density at radius 3 is 1.68 bits per heavy atom. The molecule has 10 rings (SSSR count). The summed E-state index contributed by atoms with van der Waals surface area (Å²) in [4.78, 5) is 2.37. The molecule has 0 bridgehead atoms. The van der Waals surface area contributed by atoms with Crippen LogP contribution in [-0.2, 0) is 5.41 Å². The van der Waals surface area contributed by atoms with Gasteiger partial charge < -0.3 is 9.32 Å². The van der Waals surface area contributed by atoms with Gasteiger partial charge in [0.15, 0.2) is 0 Å². The quantitative estimate of drug-likeness (QED) is 0.174. The average molecular weight is 680 g/mol. The van der Waals surface area contributed by atoms with Gasteiger partial charge in [-0.2, -0.15) is 0 Å². The van der Waals surface area contributed by atoms with Crippen molar-refractivity contribution in [3.8, 4) is 44.5 Å². The second-order valence-electron chi connectivity index (χ2n) is 14.5. The van der Waals surface area contributed by atoms with Gasteiger partial charge in [-0.05, 0) is 92.5 Å². The minimum atomic E-state index is -0.0793. The molecule has 53 heavy (non-hydrogen) atoms. The lowest BCUT2D eigenvalue weighted by atomic mass is 9.82. The molecule has 2 heteroatoms. The van der Waals surface area contributed by atoms with Crippen molar-refractivity contribution in [1.29, 1.82) is 0 Å². The van der Waals surface area contributed by atoms with Crippen LogP contribution in [0.5, 0.6) is 0 Å². The molecule has 0 radical (unpaired) electrons. The van der Waals surface area contributed by atoms with Gasteiger partial charge in [0.2, 0.25) is 0 Å². The summed E-state index contributed by atoms with van der Waals surface area (Å²) in [6.07, 6.45) is 0. The van der Waals surface area contributed by atoms with E-state index in [2.05, 4.69) is 195 Å². The Labute approximate surface area is 310 Å². The number of para-hydroxylation sites is 3. The predicted octanol–water partition coefficient (Wildman–Crippen LogP) is 14.4. The van der Waals surface area contributed by atoms with Gasteiger partial charge in [0.25, 0.3) is 0 Å². The van der Waals surface area contributed by atoms with E-state index in [0.717, 1.165) is 50.1 Å². The van der Waals surface area contributed by atoms with Gasteiger partial charge in [-0.15, -0.1) is 0 Å². The van der Waals surface area contributed by atoms with Crippen LogP contribution in [0.1, 0.15) is 25.0 Å². The molecular weight excluding hydrogens is 643 g/mol. The molecule has 1 aromatic heterocycles. The first-order valence-electron chi connectivity index (χ1n) is 18.4. The summed E-state index contributed by atoms with van der Waals surface area (Å²) in [5.74, 6) is 0. The highest BCUT2D eigenvalue weighted by Crippen LogP contribution is 2.51. The molecule has 0 aliphatic heterocycles. The van der Waals surface area contributed by atoms with E-state index in [1.807, 2.05) is 12.1 Å². The van der Waals surface area contributed by atoms with Crippen LogP contribution in [0.25, 0.3) is 66.4 Å². The summed E-state index contributed by atoms with van der Waals surface area (Å²) in [7, 11) is 0. The zero-order valence-corrected chi connectivity index (χ0v) is 29.8. The number of nitrogens with zero attached hydrogens (tertiary/aromatic N) is 1. The van der Waals surface area contributed by atoms with Gasteiger partial charge in [0, 0.05) is 38.8 Å². The highest BCUT2D eigenvalue weighted by molar-refractivity contribution is 6.11. The molecule has 0 unspecified atom stereocenters. The summed E-state index contributed by atoms with van der Waals surface area (Å²) in [6, 6.07) is 67.7. The lowest BCUT2D eigenvalue weighted by molar-refractivity contribution is 0.660. The molecule has 0 N–H and O–H groups in total. The molecule has 1 heterocycles. The average Bonchev–Trinajstić information content (AvgIpc) is 3.71. The monoisotopic (exact) mass is 679 g/mol. The number of hydrogen-bond acceptors (Lipinski definition) is 2. The first-order valence-corrected chi connectivity index (χ1v) is 18.4. The van der Waals surface area contributed by atoms with Crippen molar-refractivity contribution in [2.75, 3.05) is 4.90 Å². The van der Waals surface area contributed by atoms with Gasteiger partial charge in [-0.25, -0.2) is 0 Å². The van der Waals surface area contributed by atoms with E-state index >= 15 is 0 Å². The summed E-state index contributed by atoms with van der Waals surface area (Å²) in [6.45, 7) is 4.69. The van der Waals surface area contributed by atoms with E-state index in [4.69, 9.17) is 4.42 Å². The maximum Gasteiger partial charge on any atom is 0.143 e. The lowest BCUT2D eigenvalue weighted by Crippen LogP contribution is -2.16. The molecule has 0 atom stereocenters. The molecule has 8 aromatic carbocycles. The van der Waals surface area contributed by atoms with Crippen molar-refractivity contribution in [1.82, 2.24) is 0 Å². The summed E-state index contributed by atoms with van der Waals surface area (Å²) in [5, 5.41) is 2.27. The first-order chi connectivity index (χ1) is 26.1. The third-order valence-corrected chi connectivity index (χ3v) is 11.1. The molecule has 2 nitrogen and oxygen atoms in total. The standard InChI is InChI=1S/C51H37NO/c1-51(2)47-25-12-10-21-42(47)43-32-31-37(33-48(43)51)52(35-15-4-3-5-16-35)36-29-27-34(28-30-36)38-17-6-7-18-39(38)40-19-8-9-20-41(40)45-23-14-24-46-44-22-11-13-26-49(44)53-50(45)46/h3-33H,1-2H3. The molecule has 0 spiro atoms. The number of hydrogen-bond donors (Lipinski definition) is 0. The zero-order chi connectivity index (χ0) is 35.5. The van der Waals surface area contributed by atoms with E-state index in [9.17, 15) is 0 Å². The molecule has 0 saturated heterocycles. The maximum absolute atomic E-state index is 6.50. The van der Waals surface area contributed by atoms with Gasteiger partial charge in [0.05, 0.1) is 0 Å². The molecule has 9 aromatic rings. The van der Waals surface area contributed by atoms with Crippen LogP contribution in [0.15, 0.2) is 192 Å². The Bertz CT molecular complexity index is 2810. The first kappa shape index (κ1) is 31.1. The molecular formula is C51H37NO. The van der Waals surface area contributed by atoms with Crippen LogP contribution in [0.4, 0.5) is 17.1 Å². The highest BCUT2D eigenvalue weighted by atomic mass is 16.3. The molecule has 0 amide bonds. The van der Waals surface area contributed by atoms with Crippen LogP contribution in [0.3, 0.4) is 0 Å². The Hall–Kier alpha value is -6.64. The van der Waals surface area contributed by atoms with Crippen LogP contribution in [-0.4, -0.2) is 0 Å². The van der Waals surface area contributed by atoms with Gasteiger partial charge in [-0.3, -0.25) is 0 Å². The fourth-order valence-corrected chi connectivity index (χ4v) is 8.53. The molecule has 0 fully saturated rings. The third kappa shape index (κ3) is 5.02. The van der Waals surface area contributed by atoms with E-state index in [0.29, 0.717) is 0 Å². The Morgan fingerprint density at radius 1 is 0.377 bits per heavy atom. The predicted molar refractivity (Wildman–Crippen MR) is 222 cm³/mol. The second kappa shape index (κ2) is 12.3. The van der Waals surface area contributed by atoms with Crippen LogP contribution < -0.4 is 4.90 Å². The van der Waals surface area contributed by atoms with Gasteiger partial charge in [-0.1, -0.05) is 159 Å². The topological polar surface area (TPSA) is 16.4 Å². The summed E-state index contributed by atoms with van der Waals surface area (Å²) in [5.41, 5.74) is 17.5. The number of rotatable bonds is 6. The number of furan rings is 1. The van der Waals surface area contributed by atoms with E-state index < -0.39 is 0 Å². The van der Waals surface area contributed by atoms with Crippen molar-refractivity contribution in [2.45, 2.75) is 19.3 Å². The Balaban J connectivity index is 1.06. The molecule has 1 aliphatic rings. The van der Waals surface area contributed by atoms with Crippen LogP contribution in [0, 0.1) is 0 Å². The van der Waals surface area contributed by atoms with Crippen LogP contribution in [0.2, 0.25) is 0 Å². The Kier molecular flexibility index (Phi) is 7.19. The molecule has 1 aliphatic carbocycles. The number of anilines is 3. The Morgan fingerprint density at radius 2 is 0.906 bits per heavy atom. The minimum absolute atomic E-state index is 0.0793. The van der Waals surface area contributed by atoms with E-state index in [-0.39, 0.29) is 5.41 Å². The fraction of sp³-hybridized carbons (Fsp3) is 0.0588. The van der Waals surface area contributed by atoms with Crippen molar-refractivity contribution >= 4 is 39.0 Å². The number of fused-ring (bicyclic) bond motifs is 6. The summed E-state index contributed by atoms with van der Waals surface area (Å²) < 4.78 is 6.50. The summed E-state index contributed by atoms with van der Waals surface area (Å²) >= 11 is 0. The SMILES string of the molecule is CC1(C)c2ccccc2-c2ccc(N(c3ccccc3)c3ccc(-c4ccccc4-c4ccccc4-c4cccc5c4oc4ccccc45)cc3)cc21. The number of benzene rings is 8. The van der Waals surface area contributed by atoms with Crippen molar-refractivity contribution in [2.24, 2.45) is 0 Å². The van der Waals surface area contributed by atoms with E-state index in [1.54, 1.807) is 0 Å². The zero-order valence-electron chi connectivity index (χ0n) is 29.8. The third-order valence-electron chi connectivity index (χ3n) is 11.1. The van der Waals surface area contributed by atoms with Gasteiger partial charge >= 0.3 is 0 Å². The van der Waals surface area contributed by atoms with Gasteiger partial charge in [0.1, 0.15) is 11.2 Å². The van der Waals surface area contributed by atoms with Crippen molar-refractivity contribution in [3.63, 3.8) is 0 Å². The van der Waals surface area contributed by atoms with Crippen molar-refractivity contribution in [3.05, 3.63) is 199 Å². The normalized spacial score (nSPS) is 12.9. The molecule has 0 saturated carbocycles. The second-order valence-corrected chi connectivity index (χ2v) is 14.5. The van der Waals surface area contributed by atoms with E-state index in [1.165, 1.54) is 44.5 Å². The van der Waals surface area contributed by atoms with Crippen LogP contribution >= 0.6 is 0 Å². The van der Waals surface area contributed by atoms with Crippen molar-refractivity contribution < 1.29 is 4.42 Å². The smallest absolute Gasteiger partial charge is 0.143 e. The lowest BCUT2D eigenvalue weighted by Gasteiger charge is -2.28. The fourth-order valence-electron chi connectivity index (χ4n) is 8.53.